The van der Waals surface area contributed by atoms with Gasteiger partial charge in [0.15, 0.2) is 0 Å². The quantitative estimate of drug-likeness (QED) is 0.130. The number of fused-ring (bicyclic) bond motifs is 1. The highest BCUT2D eigenvalue weighted by Crippen LogP contribution is 2.39. The van der Waals surface area contributed by atoms with Crippen LogP contribution in [-0.4, -0.2) is 8.07 Å². The fraction of sp³-hybridized carbons (Fsp3) is 0.128. The lowest BCUT2D eigenvalue weighted by Crippen LogP contribution is -2.37. The third-order valence-corrected chi connectivity index (χ3v) is 10.3. The van der Waals surface area contributed by atoms with Gasteiger partial charge in [0, 0.05) is 0 Å². The summed E-state index contributed by atoms with van der Waals surface area (Å²) in [6, 6.07) is 37.8. The molecule has 0 aliphatic rings. The van der Waals surface area contributed by atoms with E-state index in [9.17, 15) is 26.3 Å². The van der Waals surface area contributed by atoms with E-state index in [1.165, 1.54) is 10.8 Å². The SMILES string of the molecule is C[Si](C)(C)c1ccc(-c2ccc(-c3ccc4cc(-c5ccc(-c6cc(C(F)(F)F)cc(C(F)(F)F)c6)cc5)ccc4c3)cc2)cc1. The molecule has 0 spiro atoms. The zero-order valence-corrected chi connectivity index (χ0v) is 26.4. The average molecular weight is 641 g/mol. The number of rotatable bonds is 5. The van der Waals surface area contributed by atoms with Gasteiger partial charge in [-0.1, -0.05) is 122 Å². The van der Waals surface area contributed by atoms with Crippen molar-refractivity contribution in [3.63, 3.8) is 0 Å². The van der Waals surface area contributed by atoms with Crippen molar-refractivity contribution in [3.8, 4) is 44.5 Å². The van der Waals surface area contributed by atoms with Gasteiger partial charge in [0.25, 0.3) is 0 Å². The van der Waals surface area contributed by atoms with Crippen molar-refractivity contribution >= 4 is 24.0 Å². The van der Waals surface area contributed by atoms with E-state index in [-0.39, 0.29) is 17.2 Å². The van der Waals surface area contributed by atoms with Crippen LogP contribution in [-0.2, 0) is 12.4 Å². The summed E-state index contributed by atoms with van der Waals surface area (Å²) < 4.78 is 80.0. The molecule has 0 amide bonds. The van der Waals surface area contributed by atoms with Gasteiger partial charge in [-0.15, -0.1) is 0 Å². The second-order valence-corrected chi connectivity index (χ2v) is 17.6. The van der Waals surface area contributed by atoms with E-state index in [4.69, 9.17) is 0 Å². The molecule has 7 heteroatoms. The fourth-order valence-corrected chi connectivity index (χ4v) is 6.77. The first-order chi connectivity index (χ1) is 21.6. The van der Waals surface area contributed by atoms with E-state index in [1.807, 2.05) is 24.3 Å². The maximum Gasteiger partial charge on any atom is 0.416 e. The zero-order chi connectivity index (χ0) is 32.9. The molecule has 0 bridgehead atoms. The van der Waals surface area contributed by atoms with Crippen LogP contribution in [0.5, 0.6) is 0 Å². The molecule has 0 atom stereocenters. The molecule has 6 aromatic carbocycles. The number of halogens is 6. The first kappa shape index (κ1) is 31.4. The normalized spacial score (nSPS) is 12.5. The monoisotopic (exact) mass is 640 g/mol. The lowest BCUT2D eigenvalue weighted by Gasteiger charge is -2.16. The Balaban J connectivity index is 1.23. The van der Waals surface area contributed by atoms with Gasteiger partial charge < -0.3 is 0 Å². The number of hydrogen-bond acceptors (Lipinski definition) is 0. The standard InChI is InChI=1S/C39H30F6Si/c1-46(2,3)37-18-16-26(17-19-37)25-4-6-27(7-5-25)30-12-14-33-21-31(13-15-32(33)20-30)28-8-10-29(11-9-28)34-22-35(38(40,41)42)24-36(23-34)39(43,44)45/h4-24H,1-3H3. The van der Waals surface area contributed by atoms with Gasteiger partial charge in [0.1, 0.15) is 0 Å². The van der Waals surface area contributed by atoms with E-state index in [2.05, 4.69) is 80.3 Å². The average Bonchev–Trinajstić information content (AvgIpc) is 3.03. The van der Waals surface area contributed by atoms with Crippen LogP contribution in [0.1, 0.15) is 11.1 Å². The minimum atomic E-state index is -4.90. The molecule has 0 unspecified atom stereocenters. The first-order valence-corrected chi connectivity index (χ1v) is 18.3. The van der Waals surface area contributed by atoms with Crippen molar-refractivity contribution in [1.29, 1.82) is 0 Å². The van der Waals surface area contributed by atoms with Crippen molar-refractivity contribution in [2.75, 3.05) is 0 Å². The molecular formula is C39H30F6Si. The molecule has 0 saturated heterocycles. The molecule has 46 heavy (non-hydrogen) atoms. The molecule has 0 saturated carbocycles. The van der Waals surface area contributed by atoms with E-state index >= 15 is 0 Å². The molecule has 0 fully saturated rings. The van der Waals surface area contributed by atoms with Crippen LogP contribution >= 0.6 is 0 Å². The Morgan fingerprint density at radius 1 is 0.348 bits per heavy atom. The summed E-state index contributed by atoms with van der Waals surface area (Å²) in [7, 11) is -1.35. The van der Waals surface area contributed by atoms with E-state index < -0.39 is 31.6 Å². The molecule has 232 valence electrons. The van der Waals surface area contributed by atoms with Crippen molar-refractivity contribution in [2.24, 2.45) is 0 Å². The Kier molecular flexibility index (Phi) is 7.93. The van der Waals surface area contributed by atoms with Crippen LogP contribution in [0.15, 0.2) is 127 Å². The van der Waals surface area contributed by atoms with Crippen LogP contribution < -0.4 is 5.19 Å². The molecule has 0 radical (unpaired) electrons. The lowest BCUT2D eigenvalue weighted by molar-refractivity contribution is -0.143. The highest BCUT2D eigenvalue weighted by atomic mass is 28.3. The molecule has 0 nitrogen and oxygen atoms in total. The second-order valence-electron chi connectivity index (χ2n) is 12.6. The minimum absolute atomic E-state index is 0.140. The summed E-state index contributed by atoms with van der Waals surface area (Å²) in [5, 5.41) is 3.49. The van der Waals surface area contributed by atoms with Crippen molar-refractivity contribution < 1.29 is 26.3 Å². The van der Waals surface area contributed by atoms with Crippen LogP contribution in [0.4, 0.5) is 26.3 Å². The number of benzene rings is 6. The van der Waals surface area contributed by atoms with Gasteiger partial charge in [-0.2, -0.15) is 26.3 Å². The summed E-state index contributed by atoms with van der Waals surface area (Å²) in [5.41, 5.74) is 3.67. The molecule has 0 heterocycles. The van der Waals surface area contributed by atoms with Gasteiger partial charge in [-0.25, -0.2) is 0 Å². The van der Waals surface area contributed by atoms with E-state index in [0.717, 1.165) is 50.7 Å². The van der Waals surface area contributed by atoms with E-state index in [0.29, 0.717) is 0 Å². The second kappa shape index (κ2) is 11.6. The molecule has 0 aliphatic carbocycles. The fourth-order valence-electron chi connectivity index (χ4n) is 5.60. The summed E-state index contributed by atoms with van der Waals surface area (Å²) in [6.07, 6.45) is -9.80. The molecule has 0 aromatic heterocycles. The highest BCUT2D eigenvalue weighted by Gasteiger charge is 2.37. The van der Waals surface area contributed by atoms with Gasteiger partial charge in [0.2, 0.25) is 0 Å². The minimum Gasteiger partial charge on any atom is -0.166 e. The van der Waals surface area contributed by atoms with E-state index in [1.54, 1.807) is 24.3 Å². The molecule has 6 rings (SSSR count). The predicted octanol–water partition coefficient (Wildman–Crippen LogP) is 12.1. The zero-order valence-electron chi connectivity index (χ0n) is 25.4. The van der Waals surface area contributed by atoms with Crippen LogP contribution in [0.3, 0.4) is 0 Å². The van der Waals surface area contributed by atoms with Crippen molar-refractivity contribution in [2.45, 2.75) is 32.0 Å². The largest absolute Gasteiger partial charge is 0.416 e. The Hall–Kier alpha value is -4.62. The van der Waals surface area contributed by atoms with Crippen LogP contribution in [0, 0.1) is 0 Å². The molecule has 0 N–H and O–H groups in total. The van der Waals surface area contributed by atoms with Gasteiger partial charge in [-0.3, -0.25) is 0 Å². The third kappa shape index (κ3) is 6.65. The predicted molar refractivity (Wildman–Crippen MR) is 179 cm³/mol. The van der Waals surface area contributed by atoms with Crippen molar-refractivity contribution in [3.05, 3.63) is 139 Å². The Morgan fingerprint density at radius 3 is 1.00 bits per heavy atom. The maximum atomic E-state index is 13.3. The summed E-state index contributed by atoms with van der Waals surface area (Å²) in [6.45, 7) is 7.02. The highest BCUT2D eigenvalue weighted by molar-refractivity contribution is 6.88. The third-order valence-electron chi connectivity index (χ3n) is 8.28. The maximum absolute atomic E-state index is 13.3. The summed E-state index contributed by atoms with van der Waals surface area (Å²) in [5.74, 6) is 0. The molecule has 6 aromatic rings. The van der Waals surface area contributed by atoms with Crippen LogP contribution in [0.2, 0.25) is 19.6 Å². The summed E-state index contributed by atoms with van der Waals surface area (Å²) in [4.78, 5) is 0. The number of hydrogen-bond donors (Lipinski definition) is 0. The molecule has 0 aliphatic heterocycles. The first-order valence-electron chi connectivity index (χ1n) is 14.8. The lowest BCUT2D eigenvalue weighted by atomic mass is 9.95. The Bertz CT molecular complexity index is 1980. The smallest absolute Gasteiger partial charge is 0.166 e. The van der Waals surface area contributed by atoms with Gasteiger partial charge in [0.05, 0.1) is 19.2 Å². The van der Waals surface area contributed by atoms with Crippen LogP contribution in [0.25, 0.3) is 55.3 Å². The molecular weight excluding hydrogens is 611 g/mol. The summed E-state index contributed by atoms with van der Waals surface area (Å²) >= 11 is 0. The Labute approximate surface area is 265 Å². The van der Waals surface area contributed by atoms with Gasteiger partial charge >= 0.3 is 12.4 Å². The topological polar surface area (TPSA) is 0 Å². The number of alkyl halides is 6. The van der Waals surface area contributed by atoms with Gasteiger partial charge in [-0.05, 0) is 85.6 Å². The Morgan fingerprint density at radius 2 is 0.652 bits per heavy atom. The van der Waals surface area contributed by atoms with Crippen molar-refractivity contribution in [1.82, 2.24) is 0 Å².